The number of nitrogens with two attached hydrogens (primary N) is 1. The summed E-state index contributed by atoms with van der Waals surface area (Å²) in [6, 6.07) is 9.57. The van der Waals surface area contributed by atoms with Gasteiger partial charge in [0.1, 0.15) is 11.6 Å². The minimum absolute atomic E-state index is 0.480. The Bertz CT molecular complexity index is 545. The summed E-state index contributed by atoms with van der Waals surface area (Å²) >= 11 is 7.32. The lowest BCUT2D eigenvalue weighted by Crippen LogP contribution is -2.08. The second-order valence-corrected chi connectivity index (χ2v) is 5.18. The van der Waals surface area contributed by atoms with E-state index in [-0.39, 0.29) is 0 Å². The maximum absolute atomic E-state index is 5.84. The Kier molecular flexibility index (Phi) is 4.87. The normalized spacial score (nSPS) is 10.4. The molecule has 0 aliphatic carbocycles. The van der Waals surface area contributed by atoms with Crippen LogP contribution in [-0.4, -0.2) is 22.8 Å². The van der Waals surface area contributed by atoms with Gasteiger partial charge in [-0.15, -0.1) is 0 Å². The van der Waals surface area contributed by atoms with Crippen molar-refractivity contribution in [1.29, 1.82) is 0 Å². The molecule has 0 spiro atoms. The molecule has 6 heteroatoms. The van der Waals surface area contributed by atoms with Gasteiger partial charge in [0.05, 0.1) is 0 Å². The van der Waals surface area contributed by atoms with Gasteiger partial charge >= 0.3 is 0 Å². The molecule has 0 bridgehead atoms. The minimum Gasteiger partial charge on any atom is -0.383 e. The molecule has 0 aliphatic heterocycles. The quantitative estimate of drug-likeness (QED) is 0.655. The van der Waals surface area contributed by atoms with E-state index in [0.717, 1.165) is 23.8 Å². The first-order chi connectivity index (χ1) is 9.17. The molecule has 0 amide bonds. The van der Waals surface area contributed by atoms with Gasteiger partial charge in [-0.05, 0) is 30.4 Å². The van der Waals surface area contributed by atoms with Crippen molar-refractivity contribution >= 4 is 35.0 Å². The maximum Gasteiger partial charge on any atom is 0.191 e. The van der Waals surface area contributed by atoms with Gasteiger partial charge in [-0.2, -0.15) is 0 Å². The first kappa shape index (κ1) is 14.0. The zero-order valence-electron chi connectivity index (χ0n) is 10.6. The molecule has 0 unspecified atom stereocenters. The predicted molar refractivity (Wildman–Crippen MR) is 81.9 cm³/mol. The minimum atomic E-state index is 0.480. The average Bonchev–Trinajstić information content (AvgIpc) is 2.40. The lowest BCUT2D eigenvalue weighted by molar-refractivity contribution is 0.946. The van der Waals surface area contributed by atoms with Crippen molar-refractivity contribution < 1.29 is 0 Å². The first-order valence-electron chi connectivity index (χ1n) is 5.84. The van der Waals surface area contributed by atoms with E-state index in [0.29, 0.717) is 11.0 Å². The van der Waals surface area contributed by atoms with E-state index in [1.807, 2.05) is 30.5 Å². The third-order valence-electron chi connectivity index (χ3n) is 2.54. The summed E-state index contributed by atoms with van der Waals surface area (Å²) in [7, 11) is 0. The number of rotatable bonds is 5. The van der Waals surface area contributed by atoms with Gasteiger partial charge in [0.2, 0.25) is 0 Å². The Hall–Kier alpha value is -1.46. The van der Waals surface area contributed by atoms with E-state index in [1.165, 1.54) is 17.3 Å². The van der Waals surface area contributed by atoms with E-state index in [2.05, 4.69) is 15.3 Å². The highest BCUT2D eigenvalue weighted by atomic mass is 35.5. The molecule has 2 aromatic rings. The molecule has 4 nitrogen and oxygen atoms in total. The molecule has 1 aromatic heterocycles. The molecule has 2 rings (SSSR count). The molecule has 0 saturated carbocycles. The van der Waals surface area contributed by atoms with Crippen molar-refractivity contribution in [1.82, 2.24) is 9.97 Å². The summed E-state index contributed by atoms with van der Waals surface area (Å²) in [6.45, 7) is 0.784. The van der Waals surface area contributed by atoms with Crippen molar-refractivity contribution in [3.05, 3.63) is 40.9 Å². The van der Waals surface area contributed by atoms with E-state index in [9.17, 15) is 0 Å². The fourth-order valence-electron chi connectivity index (χ4n) is 1.61. The smallest absolute Gasteiger partial charge is 0.191 e. The van der Waals surface area contributed by atoms with Gasteiger partial charge in [0.15, 0.2) is 5.16 Å². The molecule has 100 valence electrons. The van der Waals surface area contributed by atoms with Crippen molar-refractivity contribution in [3.8, 4) is 0 Å². The number of nitrogens with zero attached hydrogens (tertiary/aromatic N) is 2. The van der Waals surface area contributed by atoms with Crippen LogP contribution in [0.15, 0.2) is 35.5 Å². The zero-order valence-corrected chi connectivity index (χ0v) is 12.1. The maximum atomic E-state index is 5.84. The molecule has 1 heterocycles. The zero-order chi connectivity index (χ0) is 13.7. The monoisotopic (exact) mass is 294 g/mol. The molecule has 0 radical (unpaired) electrons. The second-order valence-electron chi connectivity index (χ2n) is 3.97. The third kappa shape index (κ3) is 4.29. The van der Waals surface area contributed by atoms with Crippen molar-refractivity contribution in [2.24, 2.45) is 0 Å². The lowest BCUT2D eigenvalue weighted by Gasteiger charge is -2.07. The number of hydrogen-bond acceptors (Lipinski definition) is 5. The van der Waals surface area contributed by atoms with E-state index in [1.54, 1.807) is 6.07 Å². The Morgan fingerprint density at radius 3 is 2.68 bits per heavy atom. The van der Waals surface area contributed by atoms with Crippen LogP contribution in [-0.2, 0) is 6.42 Å². The van der Waals surface area contributed by atoms with Crippen molar-refractivity contribution in [3.63, 3.8) is 0 Å². The van der Waals surface area contributed by atoms with Gasteiger partial charge in [-0.3, -0.25) is 0 Å². The second kappa shape index (κ2) is 6.63. The number of benzene rings is 1. The highest BCUT2D eigenvalue weighted by Gasteiger charge is 2.01. The number of hydrogen-bond donors (Lipinski definition) is 2. The number of nitrogens with one attached hydrogen (secondary N) is 1. The third-order valence-corrected chi connectivity index (χ3v) is 3.34. The Balaban J connectivity index is 1.92. The number of anilines is 2. The molecular formula is C13H15ClN4S. The highest BCUT2D eigenvalue weighted by molar-refractivity contribution is 7.98. The van der Waals surface area contributed by atoms with Crippen molar-refractivity contribution in [2.45, 2.75) is 11.6 Å². The van der Waals surface area contributed by atoms with E-state index < -0.39 is 0 Å². The van der Waals surface area contributed by atoms with Gasteiger partial charge < -0.3 is 11.1 Å². The molecule has 19 heavy (non-hydrogen) atoms. The van der Waals surface area contributed by atoms with E-state index >= 15 is 0 Å². The van der Waals surface area contributed by atoms with Crippen LogP contribution < -0.4 is 11.1 Å². The van der Waals surface area contributed by atoms with Crippen LogP contribution in [0.25, 0.3) is 0 Å². The van der Waals surface area contributed by atoms with Gasteiger partial charge in [0.25, 0.3) is 0 Å². The summed E-state index contributed by atoms with van der Waals surface area (Å²) in [4.78, 5) is 8.44. The molecular weight excluding hydrogens is 280 g/mol. The van der Waals surface area contributed by atoms with Crippen LogP contribution in [0.1, 0.15) is 5.56 Å². The highest BCUT2D eigenvalue weighted by Crippen LogP contribution is 2.15. The van der Waals surface area contributed by atoms with Crippen LogP contribution >= 0.6 is 23.4 Å². The fraction of sp³-hybridized carbons (Fsp3) is 0.231. The molecule has 0 aliphatic rings. The van der Waals surface area contributed by atoms with Crippen LogP contribution in [0.5, 0.6) is 0 Å². The number of thioether (sulfide) groups is 1. The largest absolute Gasteiger partial charge is 0.383 e. The molecule has 0 saturated heterocycles. The summed E-state index contributed by atoms with van der Waals surface area (Å²) in [6.07, 6.45) is 2.82. The molecule has 3 N–H and O–H groups in total. The summed E-state index contributed by atoms with van der Waals surface area (Å²) in [5.41, 5.74) is 6.94. The number of aromatic nitrogens is 2. The lowest BCUT2D eigenvalue weighted by atomic mass is 10.1. The molecule has 0 fully saturated rings. The number of halogens is 1. The van der Waals surface area contributed by atoms with Gasteiger partial charge in [0, 0.05) is 17.6 Å². The predicted octanol–water partition coefficient (Wildman–Crippen LogP) is 3.09. The standard InChI is InChI=1S/C13H15ClN4S/c1-19-13-17-11(15)8-12(18-13)16-7-6-9-2-4-10(14)5-3-9/h2-5,8H,6-7H2,1H3,(H3,15,16,17,18). The van der Waals surface area contributed by atoms with Crippen LogP contribution in [0, 0.1) is 0 Å². The summed E-state index contributed by atoms with van der Waals surface area (Å²) in [5.74, 6) is 1.24. The average molecular weight is 295 g/mol. The number of nitrogen functional groups attached to an aromatic ring is 1. The van der Waals surface area contributed by atoms with Crippen LogP contribution in [0.3, 0.4) is 0 Å². The van der Waals surface area contributed by atoms with Gasteiger partial charge in [-0.1, -0.05) is 35.5 Å². The Labute approximate surface area is 121 Å². The van der Waals surface area contributed by atoms with Crippen molar-refractivity contribution in [2.75, 3.05) is 23.9 Å². The summed E-state index contributed by atoms with van der Waals surface area (Å²) in [5, 5.41) is 4.68. The topological polar surface area (TPSA) is 63.8 Å². The molecule has 0 atom stereocenters. The Morgan fingerprint density at radius 1 is 1.26 bits per heavy atom. The summed E-state index contributed by atoms with van der Waals surface area (Å²) < 4.78 is 0. The van der Waals surface area contributed by atoms with Gasteiger partial charge in [-0.25, -0.2) is 9.97 Å². The Morgan fingerprint density at radius 2 is 2.00 bits per heavy atom. The molecule has 1 aromatic carbocycles. The van der Waals surface area contributed by atoms with Crippen LogP contribution in [0.4, 0.5) is 11.6 Å². The fourth-order valence-corrected chi connectivity index (χ4v) is 2.12. The first-order valence-corrected chi connectivity index (χ1v) is 7.44. The SMILES string of the molecule is CSc1nc(N)cc(NCCc2ccc(Cl)cc2)n1. The van der Waals surface area contributed by atoms with E-state index in [4.69, 9.17) is 17.3 Å². The van der Waals surface area contributed by atoms with Crippen LogP contribution in [0.2, 0.25) is 5.02 Å².